The van der Waals surface area contributed by atoms with Crippen molar-refractivity contribution in [2.24, 2.45) is 0 Å². The lowest BCUT2D eigenvalue weighted by Crippen LogP contribution is -2.45. The van der Waals surface area contributed by atoms with Crippen molar-refractivity contribution in [1.82, 2.24) is 0 Å². The summed E-state index contributed by atoms with van der Waals surface area (Å²) in [5.74, 6) is 0. The van der Waals surface area contributed by atoms with Gasteiger partial charge in [-0.3, -0.25) is 8.77 Å². The first-order chi connectivity index (χ1) is 13.0. The summed E-state index contributed by atoms with van der Waals surface area (Å²) in [7, 11) is -6.93. The van der Waals surface area contributed by atoms with Crippen LogP contribution in [0.3, 0.4) is 0 Å². The van der Waals surface area contributed by atoms with Crippen LogP contribution in [-0.2, 0) is 24.4 Å². The quantitative estimate of drug-likeness (QED) is 0.387. The molecule has 9 heteroatoms. The van der Waals surface area contributed by atoms with Gasteiger partial charge in [0.25, 0.3) is 0 Å². The molecular formula is C19H29F2O5PS. The van der Waals surface area contributed by atoms with Gasteiger partial charge >= 0.3 is 13.3 Å². The van der Waals surface area contributed by atoms with E-state index in [4.69, 9.17) is 9.05 Å². The lowest BCUT2D eigenvalue weighted by molar-refractivity contribution is -0.0659. The normalized spacial score (nSPS) is 15.7. The molecule has 0 radical (unpaired) electrons. The molecule has 1 rings (SSSR count). The molecule has 0 spiro atoms. The third-order valence-corrected chi connectivity index (χ3v) is 7.89. The van der Waals surface area contributed by atoms with Gasteiger partial charge in [0, 0.05) is 4.90 Å². The Morgan fingerprint density at radius 3 is 2.14 bits per heavy atom. The SMILES string of the molecule is CCOP(=O)(OCC)C(F)(F)[C@H](O)[C@H](CC=C(C)C)[S@@](=O)c1ccc(C)cc1. The molecule has 0 aliphatic carbocycles. The van der Waals surface area contributed by atoms with E-state index in [0.29, 0.717) is 4.90 Å². The molecule has 0 unspecified atom stereocenters. The maximum absolute atomic E-state index is 15.0. The van der Waals surface area contributed by atoms with Crippen LogP contribution in [0.15, 0.2) is 40.8 Å². The highest BCUT2D eigenvalue weighted by Crippen LogP contribution is 2.64. The van der Waals surface area contributed by atoms with E-state index in [2.05, 4.69) is 0 Å². The van der Waals surface area contributed by atoms with Crippen molar-refractivity contribution in [3.05, 3.63) is 41.5 Å². The predicted octanol–water partition coefficient (Wildman–Crippen LogP) is 5.05. The molecule has 0 bridgehead atoms. The van der Waals surface area contributed by atoms with Crippen molar-refractivity contribution in [3.8, 4) is 0 Å². The summed E-state index contributed by atoms with van der Waals surface area (Å²) in [6.45, 7) is 7.62. The molecule has 0 fully saturated rings. The minimum absolute atomic E-state index is 0.0855. The summed E-state index contributed by atoms with van der Waals surface area (Å²) < 4.78 is 65.2. The highest BCUT2D eigenvalue weighted by atomic mass is 32.2. The lowest BCUT2D eigenvalue weighted by Gasteiger charge is -2.32. The van der Waals surface area contributed by atoms with Gasteiger partial charge in [0.05, 0.1) is 29.3 Å². The van der Waals surface area contributed by atoms with E-state index in [1.807, 2.05) is 6.92 Å². The number of allylic oxidation sites excluding steroid dienone is 2. The molecule has 1 aromatic carbocycles. The molecule has 160 valence electrons. The van der Waals surface area contributed by atoms with Crippen molar-refractivity contribution in [2.75, 3.05) is 13.2 Å². The van der Waals surface area contributed by atoms with Gasteiger partial charge < -0.3 is 14.2 Å². The lowest BCUT2D eigenvalue weighted by atomic mass is 10.1. The molecule has 5 nitrogen and oxygen atoms in total. The highest BCUT2D eigenvalue weighted by Gasteiger charge is 2.61. The van der Waals surface area contributed by atoms with Crippen LogP contribution in [0.5, 0.6) is 0 Å². The second-order valence-corrected chi connectivity index (χ2v) is 10.3. The Balaban J connectivity index is 3.34. The second kappa shape index (κ2) is 10.7. The number of aliphatic hydroxyl groups excluding tert-OH is 1. The van der Waals surface area contributed by atoms with Gasteiger partial charge in [-0.1, -0.05) is 29.3 Å². The third kappa shape index (κ3) is 6.04. The van der Waals surface area contributed by atoms with Crippen LogP contribution in [0.2, 0.25) is 0 Å². The first-order valence-electron chi connectivity index (χ1n) is 9.05. The Kier molecular flexibility index (Phi) is 9.64. The summed E-state index contributed by atoms with van der Waals surface area (Å²) in [5.41, 5.74) is -2.48. The molecule has 0 aromatic heterocycles. The Morgan fingerprint density at radius 2 is 1.71 bits per heavy atom. The van der Waals surface area contributed by atoms with E-state index in [9.17, 15) is 13.9 Å². The molecule has 3 atom stereocenters. The number of alkyl halides is 2. The largest absolute Gasteiger partial charge is 0.402 e. The van der Waals surface area contributed by atoms with Gasteiger partial charge in [-0.15, -0.1) is 0 Å². The molecule has 28 heavy (non-hydrogen) atoms. The summed E-state index contributed by atoms with van der Waals surface area (Å²) in [6, 6.07) is 6.55. The van der Waals surface area contributed by atoms with Crippen LogP contribution >= 0.6 is 7.60 Å². The van der Waals surface area contributed by atoms with Crippen molar-refractivity contribution >= 4 is 18.4 Å². The van der Waals surface area contributed by atoms with Gasteiger partial charge in [0.1, 0.15) is 6.10 Å². The molecule has 0 heterocycles. The number of aryl methyl sites for hydroxylation is 1. The minimum atomic E-state index is -4.96. The molecule has 0 aliphatic heterocycles. The first-order valence-corrected chi connectivity index (χ1v) is 11.8. The van der Waals surface area contributed by atoms with Gasteiger partial charge in [0.15, 0.2) is 0 Å². The molecule has 1 aromatic rings. The molecule has 0 aliphatic rings. The van der Waals surface area contributed by atoms with Gasteiger partial charge in [-0.05, 0) is 53.2 Å². The summed E-state index contributed by atoms with van der Waals surface area (Å²) in [6.07, 6.45) is -0.964. The number of benzene rings is 1. The van der Waals surface area contributed by atoms with Crippen LogP contribution in [0.1, 0.15) is 39.7 Å². The predicted molar refractivity (Wildman–Crippen MR) is 107 cm³/mol. The van der Waals surface area contributed by atoms with Crippen molar-refractivity contribution in [2.45, 2.75) is 63.0 Å². The Morgan fingerprint density at radius 1 is 1.21 bits per heavy atom. The van der Waals surface area contributed by atoms with Crippen LogP contribution in [0.4, 0.5) is 8.78 Å². The molecule has 0 saturated heterocycles. The van der Waals surface area contributed by atoms with Crippen molar-refractivity contribution < 1.29 is 31.7 Å². The standard InChI is InChI=1S/C19H29F2O5PS/c1-6-25-27(23,26-7-2)19(20,21)18(22)17(13-8-14(3)4)28(24)16-11-9-15(5)10-12-16/h8-12,17-18,22H,6-7,13H2,1-5H3/t17-,18+,28-/m0/s1. The van der Waals surface area contributed by atoms with Crippen LogP contribution < -0.4 is 0 Å². The molecule has 1 N–H and O–H groups in total. The van der Waals surface area contributed by atoms with Gasteiger partial charge in [-0.25, -0.2) is 0 Å². The number of hydrogen-bond acceptors (Lipinski definition) is 5. The first kappa shape index (κ1) is 25.1. The fourth-order valence-electron chi connectivity index (χ4n) is 2.47. The summed E-state index contributed by atoms with van der Waals surface area (Å²) >= 11 is 0. The molecular weight excluding hydrogens is 409 g/mol. The minimum Gasteiger partial charge on any atom is -0.385 e. The number of hydrogen-bond donors (Lipinski definition) is 1. The monoisotopic (exact) mass is 438 g/mol. The van der Waals surface area contributed by atoms with Crippen LogP contribution in [-0.4, -0.2) is 39.5 Å². The molecule has 0 saturated carbocycles. The van der Waals surface area contributed by atoms with E-state index in [1.54, 1.807) is 44.2 Å². The van der Waals surface area contributed by atoms with E-state index >= 15 is 8.78 Å². The fourth-order valence-corrected chi connectivity index (χ4v) is 5.60. The van der Waals surface area contributed by atoms with E-state index in [-0.39, 0.29) is 19.6 Å². The summed E-state index contributed by atoms with van der Waals surface area (Å²) in [4.78, 5) is 0.301. The topological polar surface area (TPSA) is 72.8 Å². The average Bonchev–Trinajstić information content (AvgIpc) is 2.62. The van der Waals surface area contributed by atoms with E-state index < -0.39 is 35.4 Å². The maximum Gasteiger partial charge on any atom is 0.402 e. The second-order valence-electron chi connectivity index (χ2n) is 6.53. The zero-order valence-electron chi connectivity index (χ0n) is 16.9. The van der Waals surface area contributed by atoms with Crippen LogP contribution in [0.25, 0.3) is 0 Å². The van der Waals surface area contributed by atoms with Crippen molar-refractivity contribution in [3.63, 3.8) is 0 Å². The third-order valence-electron chi connectivity index (χ3n) is 3.96. The molecule has 0 amide bonds. The van der Waals surface area contributed by atoms with Crippen molar-refractivity contribution in [1.29, 1.82) is 0 Å². The van der Waals surface area contributed by atoms with Gasteiger partial charge in [0.2, 0.25) is 0 Å². The van der Waals surface area contributed by atoms with Gasteiger partial charge in [-0.2, -0.15) is 8.78 Å². The Hall–Kier alpha value is -0.920. The fraction of sp³-hybridized carbons (Fsp3) is 0.579. The number of halogens is 2. The number of rotatable bonds is 11. The average molecular weight is 438 g/mol. The van der Waals surface area contributed by atoms with E-state index in [1.165, 1.54) is 13.8 Å². The zero-order chi connectivity index (χ0) is 21.5. The maximum atomic E-state index is 15.0. The highest BCUT2D eigenvalue weighted by molar-refractivity contribution is 7.85. The number of aliphatic hydroxyl groups is 1. The van der Waals surface area contributed by atoms with Crippen LogP contribution in [0, 0.1) is 6.92 Å². The summed E-state index contributed by atoms with van der Waals surface area (Å²) in [5, 5.41) is 9.12. The Labute approximate surface area is 168 Å². The van der Waals surface area contributed by atoms with E-state index in [0.717, 1.165) is 11.1 Å². The Bertz CT molecular complexity index is 722. The smallest absolute Gasteiger partial charge is 0.385 e. The zero-order valence-corrected chi connectivity index (χ0v) is 18.6.